The number of aliphatic carboxylic acids is 1. The minimum absolute atomic E-state index is 0.0181. The SMILES string of the molecule is Cc1cnc(NCC2(C(=O)O)CCC2)cc1[N+](=O)[O-]. The Bertz CT molecular complexity index is 526. The van der Waals surface area contributed by atoms with E-state index in [-0.39, 0.29) is 12.2 Å². The van der Waals surface area contributed by atoms with E-state index in [9.17, 15) is 20.0 Å². The van der Waals surface area contributed by atoms with Gasteiger partial charge in [0.2, 0.25) is 0 Å². The zero-order valence-electron chi connectivity index (χ0n) is 10.5. The van der Waals surface area contributed by atoms with E-state index in [0.717, 1.165) is 6.42 Å². The second kappa shape index (κ2) is 4.83. The van der Waals surface area contributed by atoms with Crippen molar-refractivity contribution in [2.24, 2.45) is 5.41 Å². The fourth-order valence-electron chi connectivity index (χ4n) is 2.14. The van der Waals surface area contributed by atoms with Gasteiger partial charge in [0.1, 0.15) is 5.82 Å². The lowest BCUT2D eigenvalue weighted by Gasteiger charge is -2.37. The van der Waals surface area contributed by atoms with Crippen LogP contribution in [0.1, 0.15) is 24.8 Å². The van der Waals surface area contributed by atoms with Gasteiger partial charge in [0.15, 0.2) is 0 Å². The molecular weight excluding hydrogens is 250 g/mol. The van der Waals surface area contributed by atoms with Crippen LogP contribution in [-0.2, 0) is 4.79 Å². The molecule has 0 amide bonds. The molecule has 0 unspecified atom stereocenters. The Labute approximate surface area is 109 Å². The second-order valence-corrected chi connectivity index (χ2v) is 4.91. The van der Waals surface area contributed by atoms with Gasteiger partial charge in [0.25, 0.3) is 5.69 Å². The predicted molar refractivity (Wildman–Crippen MR) is 68.0 cm³/mol. The van der Waals surface area contributed by atoms with Gasteiger partial charge in [-0.3, -0.25) is 14.9 Å². The molecule has 1 aromatic heterocycles. The number of carboxylic acids is 1. The van der Waals surface area contributed by atoms with Crippen LogP contribution in [0.5, 0.6) is 0 Å². The first-order chi connectivity index (χ1) is 8.94. The van der Waals surface area contributed by atoms with Gasteiger partial charge in [0.05, 0.1) is 16.4 Å². The minimum Gasteiger partial charge on any atom is -0.481 e. The molecule has 0 bridgehead atoms. The van der Waals surface area contributed by atoms with Crippen LogP contribution in [0, 0.1) is 22.5 Å². The number of carboxylic acid groups (broad SMARTS) is 1. The standard InChI is InChI=1S/C12H15N3O4/c1-8-6-13-10(5-9(8)15(18)19)14-7-12(11(16)17)3-2-4-12/h5-6H,2-4,7H2,1H3,(H,13,14)(H,16,17). The average molecular weight is 265 g/mol. The van der Waals surface area contributed by atoms with Gasteiger partial charge in [0, 0.05) is 18.3 Å². The number of pyridine rings is 1. The Morgan fingerprint density at radius 3 is 2.79 bits per heavy atom. The lowest BCUT2D eigenvalue weighted by Crippen LogP contribution is -2.43. The highest BCUT2D eigenvalue weighted by atomic mass is 16.6. The molecule has 2 rings (SSSR count). The fourth-order valence-corrected chi connectivity index (χ4v) is 2.14. The highest BCUT2D eigenvalue weighted by Crippen LogP contribution is 2.41. The predicted octanol–water partition coefficient (Wildman–Crippen LogP) is 1.97. The Hall–Kier alpha value is -2.18. The molecule has 1 aliphatic carbocycles. The average Bonchev–Trinajstić information content (AvgIpc) is 2.28. The molecule has 0 saturated heterocycles. The summed E-state index contributed by atoms with van der Waals surface area (Å²) in [5, 5.41) is 22.9. The quantitative estimate of drug-likeness (QED) is 0.622. The highest BCUT2D eigenvalue weighted by molar-refractivity contribution is 5.76. The monoisotopic (exact) mass is 265 g/mol. The number of nitrogens with zero attached hydrogens (tertiary/aromatic N) is 2. The van der Waals surface area contributed by atoms with Crippen molar-refractivity contribution in [1.29, 1.82) is 0 Å². The van der Waals surface area contributed by atoms with Gasteiger partial charge in [-0.25, -0.2) is 4.98 Å². The third-order valence-electron chi connectivity index (χ3n) is 3.64. The molecule has 0 atom stereocenters. The van der Waals surface area contributed by atoms with E-state index in [4.69, 9.17) is 0 Å². The van der Waals surface area contributed by atoms with E-state index in [2.05, 4.69) is 10.3 Å². The number of carbonyl (C=O) groups is 1. The summed E-state index contributed by atoms with van der Waals surface area (Å²) >= 11 is 0. The molecule has 7 nitrogen and oxygen atoms in total. The molecular formula is C12H15N3O4. The number of nitro groups is 1. The van der Waals surface area contributed by atoms with Crippen molar-refractivity contribution >= 4 is 17.5 Å². The van der Waals surface area contributed by atoms with Crippen LogP contribution < -0.4 is 5.32 Å². The molecule has 19 heavy (non-hydrogen) atoms. The molecule has 2 N–H and O–H groups in total. The number of hydrogen-bond donors (Lipinski definition) is 2. The van der Waals surface area contributed by atoms with Crippen molar-refractivity contribution in [3.05, 3.63) is 27.9 Å². The number of anilines is 1. The molecule has 0 radical (unpaired) electrons. The van der Waals surface area contributed by atoms with E-state index in [1.54, 1.807) is 6.92 Å². The third-order valence-corrected chi connectivity index (χ3v) is 3.64. The number of nitrogens with one attached hydrogen (secondary N) is 1. The van der Waals surface area contributed by atoms with Crippen molar-refractivity contribution in [2.75, 3.05) is 11.9 Å². The minimum atomic E-state index is -0.826. The number of hydrogen-bond acceptors (Lipinski definition) is 5. The van der Waals surface area contributed by atoms with Gasteiger partial charge >= 0.3 is 5.97 Å². The zero-order chi connectivity index (χ0) is 14.0. The first-order valence-corrected chi connectivity index (χ1v) is 6.03. The van der Waals surface area contributed by atoms with Crippen molar-refractivity contribution in [3.63, 3.8) is 0 Å². The van der Waals surface area contributed by atoms with Crippen LogP contribution in [0.2, 0.25) is 0 Å². The van der Waals surface area contributed by atoms with E-state index in [1.807, 2.05) is 0 Å². The summed E-state index contributed by atoms with van der Waals surface area (Å²) in [5.74, 6) is -0.488. The summed E-state index contributed by atoms with van der Waals surface area (Å²) in [6.07, 6.45) is 3.57. The van der Waals surface area contributed by atoms with E-state index in [0.29, 0.717) is 24.2 Å². The van der Waals surface area contributed by atoms with Crippen LogP contribution in [0.3, 0.4) is 0 Å². The highest BCUT2D eigenvalue weighted by Gasteiger charge is 2.44. The van der Waals surface area contributed by atoms with Crippen LogP contribution in [0.25, 0.3) is 0 Å². The van der Waals surface area contributed by atoms with Crippen molar-refractivity contribution in [3.8, 4) is 0 Å². The Balaban J connectivity index is 2.10. The Morgan fingerprint density at radius 1 is 1.63 bits per heavy atom. The molecule has 102 valence electrons. The number of aryl methyl sites for hydroxylation is 1. The summed E-state index contributed by atoms with van der Waals surface area (Å²) in [7, 11) is 0. The fraction of sp³-hybridized carbons (Fsp3) is 0.500. The first-order valence-electron chi connectivity index (χ1n) is 6.03. The summed E-state index contributed by atoms with van der Waals surface area (Å²) in [5.41, 5.74) is -0.288. The maximum Gasteiger partial charge on any atom is 0.311 e. The second-order valence-electron chi connectivity index (χ2n) is 4.91. The number of aromatic nitrogens is 1. The largest absolute Gasteiger partial charge is 0.481 e. The third kappa shape index (κ3) is 2.49. The van der Waals surface area contributed by atoms with Crippen LogP contribution in [0.4, 0.5) is 11.5 Å². The summed E-state index contributed by atoms with van der Waals surface area (Å²) in [4.78, 5) is 25.6. The van der Waals surface area contributed by atoms with Gasteiger partial charge in [-0.05, 0) is 19.8 Å². The molecule has 1 saturated carbocycles. The van der Waals surface area contributed by atoms with Crippen LogP contribution in [0.15, 0.2) is 12.3 Å². The molecule has 7 heteroatoms. The molecule has 1 aliphatic rings. The Kier molecular flexibility index (Phi) is 3.37. The van der Waals surface area contributed by atoms with E-state index < -0.39 is 16.3 Å². The van der Waals surface area contributed by atoms with Gasteiger partial charge in [-0.1, -0.05) is 6.42 Å². The summed E-state index contributed by atoms with van der Waals surface area (Å²) in [6.45, 7) is 1.86. The molecule has 1 heterocycles. The van der Waals surface area contributed by atoms with E-state index in [1.165, 1.54) is 12.3 Å². The topological polar surface area (TPSA) is 105 Å². The normalized spacial score (nSPS) is 16.5. The first kappa shape index (κ1) is 13.3. The zero-order valence-corrected chi connectivity index (χ0v) is 10.5. The lowest BCUT2D eigenvalue weighted by atomic mass is 9.69. The van der Waals surface area contributed by atoms with Crippen molar-refractivity contribution in [2.45, 2.75) is 26.2 Å². The maximum atomic E-state index is 11.2. The number of rotatable bonds is 5. The molecule has 0 spiro atoms. The van der Waals surface area contributed by atoms with Crippen LogP contribution in [-0.4, -0.2) is 27.5 Å². The lowest BCUT2D eigenvalue weighted by molar-refractivity contribution is -0.385. The molecule has 0 aromatic carbocycles. The summed E-state index contributed by atoms with van der Waals surface area (Å²) < 4.78 is 0. The van der Waals surface area contributed by atoms with E-state index >= 15 is 0 Å². The van der Waals surface area contributed by atoms with Crippen LogP contribution >= 0.6 is 0 Å². The Morgan fingerprint density at radius 2 is 2.32 bits per heavy atom. The van der Waals surface area contributed by atoms with Gasteiger partial charge < -0.3 is 10.4 Å². The summed E-state index contributed by atoms with van der Waals surface area (Å²) in [6, 6.07) is 1.34. The maximum absolute atomic E-state index is 11.2. The molecule has 1 fully saturated rings. The van der Waals surface area contributed by atoms with Gasteiger partial charge in [-0.2, -0.15) is 0 Å². The molecule has 1 aromatic rings. The smallest absolute Gasteiger partial charge is 0.311 e. The van der Waals surface area contributed by atoms with Crippen molar-refractivity contribution < 1.29 is 14.8 Å². The van der Waals surface area contributed by atoms with Crippen molar-refractivity contribution in [1.82, 2.24) is 4.98 Å². The van der Waals surface area contributed by atoms with Gasteiger partial charge in [-0.15, -0.1) is 0 Å². The molecule has 0 aliphatic heterocycles.